The highest BCUT2D eigenvalue weighted by Crippen LogP contribution is 2.17. The molecule has 0 fully saturated rings. The standard InChI is InChI=1S/C68H119NO3/c1-3-5-7-9-11-13-15-17-19-21-23-25-26-27-28-29-30-31-32-33-34-35-36-37-38-39-40-41-42-44-46-48-50-52-54-56-58-60-62-64-68(72)69-66(65-70)67(71)63-61-59-57-55-53-51-49-47-45-43-24-22-20-18-16-14-12-10-8-6-4-2/h5,7,11,13,17,19,23,25,27-28,30-31,33-34,36-37,39-40,66-67,70-71H,3-4,6,8-10,12,14-16,18,20-22,24,26,29,32,35,38,41-65H2,1-2H3,(H,69,72)/b7-5-,13-11-,19-17-,25-23-,28-27-,31-30-,34-33-,37-36-,40-39-. The maximum Gasteiger partial charge on any atom is 0.220 e. The van der Waals surface area contributed by atoms with Gasteiger partial charge in [-0.1, -0.05) is 316 Å². The van der Waals surface area contributed by atoms with Gasteiger partial charge in [0.05, 0.1) is 18.8 Å². The maximum absolute atomic E-state index is 12.5. The second kappa shape index (κ2) is 62.3. The van der Waals surface area contributed by atoms with Crippen molar-refractivity contribution in [3.63, 3.8) is 0 Å². The highest BCUT2D eigenvalue weighted by atomic mass is 16.3. The summed E-state index contributed by atoms with van der Waals surface area (Å²) >= 11 is 0. The fourth-order valence-electron chi connectivity index (χ4n) is 9.12. The molecular weight excluding hydrogens is 879 g/mol. The Bertz CT molecular complexity index is 1360. The van der Waals surface area contributed by atoms with E-state index >= 15 is 0 Å². The highest BCUT2D eigenvalue weighted by molar-refractivity contribution is 5.76. The number of unbranched alkanes of at least 4 members (excludes halogenated alkanes) is 31. The fourth-order valence-corrected chi connectivity index (χ4v) is 9.12. The fraction of sp³-hybridized carbons (Fsp3) is 0.721. The Morgan fingerprint density at radius 3 is 0.917 bits per heavy atom. The number of carbonyl (C=O) groups is 1. The molecule has 2 unspecified atom stereocenters. The van der Waals surface area contributed by atoms with E-state index in [4.69, 9.17) is 0 Å². The zero-order chi connectivity index (χ0) is 52.0. The zero-order valence-corrected chi connectivity index (χ0v) is 47.7. The first-order chi connectivity index (χ1) is 35.7. The molecule has 0 aliphatic rings. The van der Waals surface area contributed by atoms with Crippen LogP contribution in [0, 0.1) is 0 Å². The lowest BCUT2D eigenvalue weighted by atomic mass is 10.0. The van der Waals surface area contributed by atoms with Crippen molar-refractivity contribution in [2.24, 2.45) is 0 Å². The first kappa shape index (κ1) is 69.0. The van der Waals surface area contributed by atoms with Gasteiger partial charge >= 0.3 is 0 Å². The molecule has 0 aliphatic carbocycles. The molecule has 72 heavy (non-hydrogen) atoms. The predicted molar refractivity (Wildman–Crippen MR) is 322 cm³/mol. The third kappa shape index (κ3) is 57.9. The minimum atomic E-state index is -0.668. The Balaban J connectivity index is 3.54. The molecule has 2 atom stereocenters. The zero-order valence-electron chi connectivity index (χ0n) is 47.7. The van der Waals surface area contributed by atoms with Gasteiger partial charge in [0.2, 0.25) is 5.91 Å². The van der Waals surface area contributed by atoms with Crippen LogP contribution in [0.2, 0.25) is 0 Å². The van der Waals surface area contributed by atoms with E-state index in [1.807, 2.05) is 0 Å². The van der Waals surface area contributed by atoms with Gasteiger partial charge < -0.3 is 15.5 Å². The van der Waals surface area contributed by atoms with Crippen molar-refractivity contribution in [3.8, 4) is 0 Å². The summed E-state index contributed by atoms with van der Waals surface area (Å²) in [5.74, 6) is -0.0356. The summed E-state index contributed by atoms with van der Waals surface area (Å²) in [6.07, 6.45) is 93.7. The summed E-state index contributed by atoms with van der Waals surface area (Å²) in [5.41, 5.74) is 0. The number of hydrogen-bond donors (Lipinski definition) is 3. The van der Waals surface area contributed by atoms with Crippen molar-refractivity contribution in [2.45, 2.75) is 309 Å². The summed E-state index contributed by atoms with van der Waals surface area (Å²) in [6.45, 7) is 4.26. The molecule has 0 aromatic rings. The number of aliphatic hydroxyl groups excluding tert-OH is 2. The van der Waals surface area contributed by atoms with Gasteiger partial charge in [-0.2, -0.15) is 0 Å². The Morgan fingerprint density at radius 2 is 0.611 bits per heavy atom. The van der Waals surface area contributed by atoms with Crippen molar-refractivity contribution in [3.05, 3.63) is 109 Å². The maximum atomic E-state index is 12.5. The van der Waals surface area contributed by atoms with E-state index in [1.54, 1.807) is 0 Å². The lowest BCUT2D eigenvalue weighted by Gasteiger charge is -2.22. The normalized spacial score (nSPS) is 13.6. The third-order valence-electron chi connectivity index (χ3n) is 13.8. The molecule has 0 aromatic heterocycles. The molecule has 4 heteroatoms. The molecule has 3 N–H and O–H groups in total. The second-order valence-corrected chi connectivity index (χ2v) is 20.7. The molecule has 0 radical (unpaired) electrons. The molecule has 0 aliphatic heterocycles. The summed E-state index contributed by atoms with van der Waals surface area (Å²) in [5, 5.41) is 23.4. The summed E-state index contributed by atoms with van der Waals surface area (Å²) in [6, 6.07) is -0.545. The number of allylic oxidation sites excluding steroid dienone is 18. The SMILES string of the molecule is CC/C=C\C/C=C\C/C=C\C/C=C\C/C=C\C/C=C\C/C=C\C/C=C\C/C=C\CCCCCCCCCCCCCC(=O)NC(CO)C(O)CCCCCCCCCCCCCCCCCCCCCCC. The van der Waals surface area contributed by atoms with Crippen LogP contribution in [0.4, 0.5) is 0 Å². The first-order valence-corrected chi connectivity index (χ1v) is 31.1. The van der Waals surface area contributed by atoms with Crippen molar-refractivity contribution in [2.75, 3.05) is 6.61 Å². The minimum absolute atomic E-state index is 0.0356. The quantitative estimate of drug-likeness (QED) is 0.0420. The highest BCUT2D eigenvalue weighted by Gasteiger charge is 2.20. The smallest absolute Gasteiger partial charge is 0.220 e. The Kier molecular flexibility index (Phi) is 59.8. The molecule has 414 valence electrons. The Hall–Kier alpha value is -2.95. The first-order valence-electron chi connectivity index (χ1n) is 31.1. The lowest BCUT2D eigenvalue weighted by Crippen LogP contribution is -2.45. The van der Waals surface area contributed by atoms with Crippen LogP contribution in [0.25, 0.3) is 0 Å². The Labute approximate surface area is 448 Å². The van der Waals surface area contributed by atoms with E-state index in [0.29, 0.717) is 12.8 Å². The summed E-state index contributed by atoms with van der Waals surface area (Å²) in [4.78, 5) is 12.5. The molecule has 4 nitrogen and oxygen atoms in total. The van der Waals surface area contributed by atoms with Crippen LogP contribution in [0.5, 0.6) is 0 Å². The van der Waals surface area contributed by atoms with Crippen LogP contribution >= 0.6 is 0 Å². The van der Waals surface area contributed by atoms with Gasteiger partial charge in [0.1, 0.15) is 0 Å². The molecule has 0 saturated carbocycles. The van der Waals surface area contributed by atoms with E-state index in [1.165, 1.54) is 186 Å². The molecule has 0 heterocycles. The average Bonchev–Trinajstić information content (AvgIpc) is 3.39. The van der Waals surface area contributed by atoms with Crippen molar-refractivity contribution in [1.82, 2.24) is 5.32 Å². The monoisotopic (exact) mass is 998 g/mol. The molecule has 0 rings (SSSR count). The van der Waals surface area contributed by atoms with E-state index < -0.39 is 12.1 Å². The van der Waals surface area contributed by atoms with E-state index in [9.17, 15) is 15.0 Å². The number of amides is 1. The van der Waals surface area contributed by atoms with Gasteiger partial charge in [-0.15, -0.1) is 0 Å². The Morgan fingerprint density at radius 1 is 0.347 bits per heavy atom. The van der Waals surface area contributed by atoms with E-state index in [0.717, 1.165) is 83.5 Å². The van der Waals surface area contributed by atoms with Gasteiger partial charge in [0.15, 0.2) is 0 Å². The second-order valence-electron chi connectivity index (χ2n) is 20.7. The van der Waals surface area contributed by atoms with Crippen LogP contribution in [-0.2, 0) is 4.79 Å². The van der Waals surface area contributed by atoms with Crippen molar-refractivity contribution < 1.29 is 15.0 Å². The van der Waals surface area contributed by atoms with Gasteiger partial charge in [-0.05, 0) is 83.5 Å². The third-order valence-corrected chi connectivity index (χ3v) is 13.8. The minimum Gasteiger partial charge on any atom is -0.394 e. The number of rotatable bonds is 56. The molecule has 0 spiro atoms. The van der Waals surface area contributed by atoms with Gasteiger partial charge in [-0.3, -0.25) is 4.79 Å². The van der Waals surface area contributed by atoms with Crippen LogP contribution in [0.3, 0.4) is 0 Å². The predicted octanol–water partition coefficient (Wildman–Crippen LogP) is 21.0. The number of hydrogen-bond acceptors (Lipinski definition) is 3. The van der Waals surface area contributed by atoms with Gasteiger partial charge in [0, 0.05) is 6.42 Å². The molecule has 1 amide bonds. The van der Waals surface area contributed by atoms with Gasteiger partial charge in [0.25, 0.3) is 0 Å². The molecule has 0 bridgehead atoms. The number of carbonyl (C=O) groups excluding carboxylic acids is 1. The van der Waals surface area contributed by atoms with Crippen LogP contribution in [0.1, 0.15) is 296 Å². The van der Waals surface area contributed by atoms with E-state index in [2.05, 4.69) is 129 Å². The lowest BCUT2D eigenvalue weighted by molar-refractivity contribution is -0.123. The van der Waals surface area contributed by atoms with E-state index in [-0.39, 0.29) is 12.5 Å². The topological polar surface area (TPSA) is 69.6 Å². The summed E-state index contributed by atoms with van der Waals surface area (Å²) in [7, 11) is 0. The molecule has 0 aromatic carbocycles. The largest absolute Gasteiger partial charge is 0.394 e. The average molecular weight is 999 g/mol. The molecule has 0 saturated heterocycles. The van der Waals surface area contributed by atoms with Crippen LogP contribution in [0.15, 0.2) is 109 Å². The van der Waals surface area contributed by atoms with Gasteiger partial charge in [-0.25, -0.2) is 0 Å². The number of aliphatic hydroxyl groups is 2. The number of nitrogens with one attached hydrogen (secondary N) is 1. The summed E-state index contributed by atoms with van der Waals surface area (Å²) < 4.78 is 0. The van der Waals surface area contributed by atoms with Crippen molar-refractivity contribution >= 4 is 5.91 Å². The van der Waals surface area contributed by atoms with Crippen LogP contribution in [-0.4, -0.2) is 34.9 Å². The molecular formula is C68H119NO3. The van der Waals surface area contributed by atoms with Crippen LogP contribution < -0.4 is 5.32 Å². The van der Waals surface area contributed by atoms with Crippen molar-refractivity contribution in [1.29, 1.82) is 0 Å².